The molecule has 0 aliphatic carbocycles. The molecule has 0 aliphatic rings. The Morgan fingerprint density at radius 1 is 1.06 bits per heavy atom. The molecule has 0 spiro atoms. The number of alkyl halides is 3. The van der Waals surface area contributed by atoms with Crippen molar-refractivity contribution in [2.45, 2.75) is 19.5 Å². The van der Waals surface area contributed by atoms with Crippen LogP contribution in [0.5, 0.6) is 11.5 Å². The number of H-pyrrole nitrogens is 1. The molecule has 2 heterocycles. The molecule has 0 aliphatic heterocycles. The first-order valence-electron chi connectivity index (χ1n) is 8.96. The van der Waals surface area contributed by atoms with Crippen molar-refractivity contribution in [3.05, 3.63) is 81.0 Å². The predicted molar refractivity (Wildman–Crippen MR) is 99.9 cm³/mol. The summed E-state index contributed by atoms with van der Waals surface area (Å²) in [5.74, 6) is -0.483. The molecule has 10 nitrogen and oxygen atoms in total. The lowest BCUT2D eigenvalue weighted by Gasteiger charge is -2.08. The lowest BCUT2D eigenvalue weighted by molar-refractivity contribution is -0.274. The van der Waals surface area contributed by atoms with Crippen LogP contribution in [0.2, 0.25) is 0 Å². The molecule has 2 aromatic heterocycles. The van der Waals surface area contributed by atoms with Crippen LogP contribution in [0, 0.1) is 0 Å². The number of nitrogens with one attached hydrogen (secondary N) is 1. The molecule has 0 saturated heterocycles. The van der Waals surface area contributed by atoms with E-state index in [-0.39, 0.29) is 30.6 Å². The number of ether oxygens (including phenoxy) is 2. The molecule has 2 aromatic carbocycles. The van der Waals surface area contributed by atoms with Gasteiger partial charge in [-0.25, -0.2) is 14.6 Å². The van der Waals surface area contributed by atoms with E-state index >= 15 is 0 Å². The molecule has 32 heavy (non-hydrogen) atoms. The number of nitrogens with zero attached hydrogens (tertiary/aromatic N) is 3. The second-order valence-electron chi connectivity index (χ2n) is 6.37. The van der Waals surface area contributed by atoms with Crippen molar-refractivity contribution in [3.8, 4) is 23.0 Å². The molecule has 0 bridgehead atoms. The number of hydrogen-bond acceptors (Lipinski definition) is 8. The Hall–Kier alpha value is -4.29. The van der Waals surface area contributed by atoms with Gasteiger partial charge in [-0.1, -0.05) is 17.3 Å². The number of aromatic amines is 1. The number of benzene rings is 2. The summed E-state index contributed by atoms with van der Waals surface area (Å²) in [5, 5.41) is 3.77. The van der Waals surface area contributed by atoms with Gasteiger partial charge in [0.2, 0.25) is 5.82 Å². The third-order valence-electron chi connectivity index (χ3n) is 4.02. The standard InChI is InChI=1S/C19H13F3N4O6/c20-19(21,22)30-13-6-4-12(5-7-13)16-23-15(25-31-16)10-29-14-3-1-2-11(8-14)9-26-17(27)24-18(28)32-26/h1-8H,9-10H2,(H,24,27,28). The van der Waals surface area contributed by atoms with E-state index in [1.165, 1.54) is 12.1 Å². The highest BCUT2D eigenvalue weighted by Crippen LogP contribution is 2.26. The Morgan fingerprint density at radius 3 is 2.53 bits per heavy atom. The number of rotatable bonds is 7. The quantitative estimate of drug-likeness (QED) is 0.456. The average Bonchev–Trinajstić information content (AvgIpc) is 3.32. The summed E-state index contributed by atoms with van der Waals surface area (Å²) in [5.41, 5.74) is 0.375. The van der Waals surface area contributed by atoms with Gasteiger partial charge in [-0.2, -0.15) is 4.98 Å². The maximum atomic E-state index is 12.2. The fourth-order valence-corrected chi connectivity index (χ4v) is 2.69. The van der Waals surface area contributed by atoms with Crippen LogP contribution in [-0.4, -0.2) is 26.2 Å². The summed E-state index contributed by atoms with van der Waals surface area (Å²) in [4.78, 5) is 28.7. The number of halogens is 3. The van der Waals surface area contributed by atoms with Crippen LogP contribution >= 0.6 is 0 Å². The molecule has 0 saturated carbocycles. The van der Waals surface area contributed by atoms with Crippen molar-refractivity contribution in [1.82, 2.24) is 19.9 Å². The van der Waals surface area contributed by atoms with Crippen molar-refractivity contribution in [1.29, 1.82) is 0 Å². The molecule has 0 atom stereocenters. The smallest absolute Gasteiger partial charge is 0.485 e. The molecular formula is C19H13F3N4O6. The molecule has 0 fully saturated rings. The summed E-state index contributed by atoms with van der Waals surface area (Å²) in [6, 6.07) is 11.7. The molecule has 0 unspecified atom stereocenters. The largest absolute Gasteiger partial charge is 0.573 e. The minimum Gasteiger partial charge on any atom is -0.485 e. The van der Waals surface area contributed by atoms with Crippen LogP contribution in [0.4, 0.5) is 13.2 Å². The Balaban J connectivity index is 1.39. The lowest BCUT2D eigenvalue weighted by atomic mass is 10.2. The summed E-state index contributed by atoms with van der Waals surface area (Å²) in [7, 11) is 0. The van der Waals surface area contributed by atoms with E-state index in [0.29, 0.717) is 16.9 Å². The van der Waals surface area contributed by atoms with Gasteiger partial charge in [0, 0.05) is 5.56 Å². The third kappa shape index (κ3) is 5.24. The fourth-order valence-electron chi connectivity index (χ4n) is 2.69. The highest BCUT2D eigenvalue weighted by Gasteiger charge is 2.31. The Labute approximate surface area is 175 Å². The van der Waals surface area contributed by atoms with Gasteiger partial charge in [-0.15, -0.1) is 17.9 Å². The number of aromatic nitrogens is 4. The van der Waals surface area contributed by atoms with Crippen molar-refractivity contribution in [3.63, 3.8) is 0 Å². The minimum absolute atomic E-state index is 0.0230. The van der Waals surface area contributed by atoms with E-state index in [1.807, 2.05) is 4.98 Å². The zero-order valence-corrected chi connectivity index (χ0v) is 16.0. The van der Waals surface area contributed by atoms with Crippen LogP contribution in [-0.2, 0) is 13.2 Å². The van der Waals surface area contributed by atoms with Crippen molar-refractivity contribution in [2.75, 3.05) is 0 Å². The SMILES string of the molecule is O=c1[nH]c(=O)n(Cc2cccc(OCc3noc(-c4ccc(OC(F)(F)F)cc4)n3)c2)o1. The normalized spacial score (nSPS) is 11.5. The first-order valence-corrected chi connectivity index (χ1v) is 8.96. The molecule has 1 N–H and O–H groups in total. The highest BCUT2D eigenvalue weighted by atomic mass is 19.4. The molecular weight excluding hydrogens is 437 g/mol. The van der Waals surface area contributed by atoms with E-state index in [0.717, 1.165) is 16.9 Å². The molecule has 13 heteroatoms. The van der Waals surface area contributed by atoms with Gasteiger partial charge in [0.25, 0.3) is 5.89 Å². The lowest BCUT2D eigenvalue weighted by Crippen LogP contribution is -2.17. The number of hydrogen-bond donors (Lipinski definition) is 1. The first-order chi connectivity index (χ1) is 15.2. The van der Waals surface area contributed by atoms with Crippen LogP contribution < -0.4 is 20.9 Å². The van der Waals surface area contributed by atoms with Gasteiger partial charge < -0.3 is 18.5 Å². The monoisotopic (exact) mass is 450 g/mol. The second kappa shape index (κ2) is 8.45. The maximum Gasteiger partial charge on any atom is 0.573 e. The average molecular weight is 450 g/mol. The third-order valence-corrected chi connectivity index (χ3v) is 4.02. The van der Waals surface area contributed by atoms with Crippen LogP contribution in [0.15, 0.2) is 67.2 Å². The van der Waals surface area contributed by atoms with Gasteiger partial charge in [-0.3, -0.25) is 0 Å². The predicted octanol–water partition coefficient (Wildman–Crippen LogP) is 2.71. The molecule has 4 aromatic rings. The maximum absolute atomic E-state index is 12.2. The van der Waals surface area contributed by atoms with E-state index < -0.39 is 17.8 Å². The van der Waals surface area contributed by atoms with Gasteiger partial charge in [0.05, 0.1) is 6.54 Å². The van der Waals surface area contributed by atoms with E-state index in [9.17, 15) is 22.8 Å². The van der Waals surface area contributed by atoms with Crippen molar-refractivity contribution < 1.29 is 31.7 Å². The first kappa shape index (κ1) is 21.0. The molecule has 166 valence electrons. The van der Waals surface area contributed by atoms with Gasteiger partial charge >= 0.3 is 17.8 Å². The van der Waals surface area contributed by atoms with Crippen molar-refractivity contribution >= 4 is 0 Å². The Morgan fingerprint density at radius 2 is 1.84 bits per heavy atom. The second-order valence-corrected chi connectivity index (χ2v) is 6.37. The summed E-state index contributed by atoms with van der Waals surface area (Å²) in [6.07, 6.45) is -4.78. The fraction of sp³-hybridized carbons (Fsp3) is 0.158. The van der Waals surface area contributed by atoms with Crippen LogP contribution in [0.1, 0.15) is 11.4 Å². The Kier molecular flexibility index (Phi) is 5.54. The van der Waals surface area contributed by atoms with Crippen LogP contribution in [0.25, 0.3) is 11.5 Å². The zero-order chi connectivity index (χ0) is 22.7. The highest BCUT2D eigenvalue weighted by molar-refractivity contribution is 5.54. The van der Waals surface area contributed by atoms with E-state index in [1.54, 1.807) is 24.3 Å². The molecule has 0 amide bonds. The van der Waals surface area contributed by atoms with Gasteiger partial charge in [0.15, 0.2) is 6.61 Å². The van der Waals surface area contributed by atoms with Gasteiger partial charge in [-0.05, 0) is 42.0 Å². The summed E-state index contributed by atoms with van der Waals surface area (Å²) in [6.45, 7) is -0.0312. The summed E-state index contributed by atoms with van der Waals surface area (Å²) >= 11 is 0. The van der Waals surface area contributed by atoms with Crippen molar-refractivity contribution in [2.24, 2.45) is 0 Å². The van der Waals surface area contributed by atoms with Crippen LogP contribution in [0.3, 0.4) is 0 Å². The van der Waals surface area contributed by atoms with Gasteiger partial charge in [0.1, 0.15) is 11.5 Å². The molecule has 4 rings (SSSR count). The van der Waals surface area contributed by atoms with E-state index in [2.05, 4.69) is 14.9 Å². The van der Waals surface area contributed by atoms with E-state index in [4.69, 9.17) is 13.8 Å². The minimum atomic E-state index is -4.78. The zero-order valence-electron chi connectivity index (χ0n) is 16.0. The Bertz CT molecular complexity index is 1320. The molecule has 0 radical (unpaired) electrons. The summed E-state index contributed by atoms with van der Waals surface area (Å²) < 4.78 is 56.8. The topological polar surface area (TPSA) is 125 Å².